The maximum Gasteiger partial charge on any atom is 0.255 e. The summed E-state index contributed by atoms with van der Waals surface area (Å²) in [5.74, 6) is 0.110. The van der Waals surface area contributed by atoms with Crippen LogP contribution in [0.3, 0.4) is 0 Å². The molecule has 0 aliphatic carbocycles. The number of anilines is 2. The van der Waals surface area contributed by atoms with Gasteiger partial charge >= 0.3 is 0 Å². The van der Waals surface area contributed by atoms with Crippen molar-refractivity contribution < 1.29 is 9.59 Å². The largest absolute Gasteiger partial charge is 0.355 e. The number of nitrogens with one attached hydrogen (secondary N) is 2. The van der Waals surface area contributed by atoms with Gasteiger partial charge < -0.3 is 15.5 Å². The Morgan fingerprint density at radius 3 is 2.29 bits per heavy atom. The van der Waals surface area contributed by atoms with Gasteiger partial charge in [0.25, 0.3) is 5.91 Å². The highest BCUT2D eigenvalue weighted by Crippen LogP contribution is 2.27. The maximum absolute atomic E-state index is 13.3. The van der Waals surface area contributed by atoms with Gasteiger partial charge in [-0.25, -0.2) is 0 Å². The zero-order valence-electron chi connectivity index (χ0n) is 20.0. The van der Waals surface area contributed by atoms with E-state index >= 15 is 0 Å². The van der Waals surface area contributed by atoms with Crippen molar-refractivity contribution in [2.45, 2.75) is 45.6 Å². The van der Waals surface area contributed by atoms with Crippen molar-refractivity contribution in [2.24, 2.45) is 0 Å². The van der Waals surface area contributed by atoms with Gasteiger partial charge in [-0.2, -0.15) is 0 Å². The first-order chi connectivity index (χ1) is 16.5. The Kier molecular flexibility index (Phi) is 7.63. The average Bonchev–Trinajstić information content (AvgIpc) is 2.86. The minimum atomic E-state index is 0.0299. The van der Waals surface area contributed by atoms with Crippen LogP contribution in [0.4, 0.5) is 11.4 Å². The van der Waals surface area contributed by atoms with Gasteiger partial charge in [0, 0.05) is 31.2 Å². The zero-order chi connectivity index (χ0) is 23.9. The molecule has 0 saturated carbocycles. The lowest BCUT2D eigenvalue weighted by atomic mass is 10.0. The fourth-order valence-electron chi connectivity index (χ4n) is 4.41. The summed E-state index contributed by atoms with van der Waals surface area (Å²) in [5.41, 5.74) is 6.06. The number of hydrogen-bond acceptors (Lipinski definition) is 3. The van der Waals surface area contributed by atoms with E-state index < -0.39 is 0 Å². The Morgan fingerprint density at radius 2 is 1.53 bits per heavy atom. The van der Waals surface area contributed by atoms with Crippen LogP contribution in [0.1, 0.15) is 46.3 Å². The summed E-state index contributed by atoms with van der Waals surface area (Å²) in [4.78, 5) is 27.6. The molecule has 0 unspecified atom stereocenters. The van der Waals surface area contributed by atoms with Crippen molar-refractivity contribution in [1.82, 2.24) is 10.2 Å². The van der Waals surface area contributed by atoms with Crippen LogP contribution in [-0.2, 0) is 11.2 Å². The summed E-state index contributed by atoms with van der Waals surface area (Å²) < 4.78 is 0. The molecule has 1 fully saturated rings. The maximum atomic E-state index is 13.3. The van der Waals surface area contributed by atoms with Gasteiger partial charge in [0.05, 0.1) is 11.3 Å². The van der Waals surface area contributed by atoms with Crippen LogP contribution in [-0.4, -0.2) is 35.8 Å². The SMILES string of the molecule is Cc1cccc(Nc2ccccc2C(=O)N2CCC(NC(=O)CCc3ccccc3)CC2)c1C. The Labute approximate surface area is 202 Å². The van der Waals surface area contributed by atoms with E-state index in [0.717, 1.165) is 30.6 Å². The van der Waals surface area contributed by atoms with Crippen LogP contribution in [0, 0.1) is 13.8 Å². The number of rotatable bonds is 7. The number of amides is 2. The molecule has 2 N–H and O–H groups in total. The quantitative estimate of drug-likeness (QED) is 0.501. The van der Waals surface area contributed by atoms with Crippen LogP contribution in [0.2, 0.25) is 0 Å². The van der Waals surface area contributed by atoms with E-state index in [1.54, 1.807) is 0 Å². The lowest BCUT2D eigenvalue weighted by molar-refractivity contribution is -0.122. The van der Waals surface area contributed by atoms with Gasteiger partial charge in [0.1, 0.15) is 0 Å². The third kappa shape index (κ3) is 5.84. The molecule has 1 heterocycles. The second-order valence-corrected chi connectivity index (χ2v) is 9.04. The summed E-state index contributed by atoms with van der Waals surface area (Å²) in [6.45, 7) is 5.45. The van der Waals surface area contributed by atoms with Crippen molar-refractivity contribution >= 4 is 23.2 Å². The molecule has 176 valence electrons. The van der Waals surface area contributed by atoms with Crippen LogP contribution < -0.4 is 10.6 Å². The van der Waals surface area contributed by atoms with Gasteiger partial charge in [-0.15, -0.1) is 0 Å². The van der Waals surface area contributed by atoms with E-state index in [0.29, 0.717) is 25.1 Å². The zero-order valence-corrected chi connectivity index (χ0v) is 20.0. The molecule has 3 aromatic rings. The highest BCUT2D eigenvalue weighted by atomic mass is 16.2. The van der Waals surface area contributed by atoms with Crippen molar-refractivity contribution in [2.75, 3.05) is 18.4 Å². The standard InChI is InChI=1S/C29H33N3O2/c1-21-9-8-14-26(22(21)2)31-27-13-7-6-12-25(27)29(34)32-19-17-24(18-20-32)30-28(33)16-15-23-10-4-3-5-11-23/h3-14,24,31H,15-20H2,1-2H3,(H,30,33). The summed E-state index contributed by atoms with van der Waals surface area (Å²) >= 11 is 0. The molecule has 1 aliphatic heterocycles. The van der Waals surface area contributed by atoms with Gasteiger partial charge in [0.15, 0.2) is 0 Å². The third-order valence-electron chi connectivity index (χ3n) is 6.66. The molecule has 4 rings (SSSR count). The van der Waals surface area contributed by atoms with Crippen LogP contribution in [0.25, 0.3) is 0 Å². The smallest absolute Gasteiger partial charge is 0.255 e. The van der Waals surface area contributed by atoms with Gasteiger partial charge in [-0.1, -0.05) is 54.6 Å². The van der Waals surface area contributed by atoms with Gasteiger partial charge in [-0.05, 0) is 68.0 Å². The summed E-state index contributed by atoms with van der Waals surface area (Å²) in [7, 11) is 0. The molecule has 5 nitrogen and oxygen atoms in total. The van der Waals surface area contributed by atoms with Crippen molar-refractivity contribution in [3.63, 3.8) is 0 Å². The predicted molar refractivity (Wildman–Crippen MR) is 137 cm³/mol. The van der Waals surface area contributed by atoms with E-state index in [-0.39, 0.29) is 17.9 Å². The van der Waals surface area contributed by atoms with E-state index in [2.05, 4.69) is 30.5 Å². The second-order valence-electron chi connectivity index (χ2n) is 9.04. The first kappa shape index (κ1) is 23.6. The van der Waals surface area contributed by atoms with Crippen LogP contribution >= 0.6 is 0 Å². The first-order valence-corrected chi connectivity index (χ1v) is 12.1. The fourth-order valence-corrected chi connectivity index (χ4v) is 4.41. The molecule has 5 heteroatoms. The highest BCUT2D eigenvalue weighted by Gasteiger charge is 2.26. The Balaban J connectivity index is 1.32. The lowest BCUT2D eigenvalue weighted by Crippen LogP contribution is -2.46. The average molecular weight is 456 g/mol. The molecular formula is C29H33N3O2. The molecule has 2 amide bonds. The number of carbonyl (C=O) groups is 2. The molecule has 1 aliphatic rings. The number of nitrogens with zero attached hydrogens (tertiary/aromatic N) is 1. The van der Waals surface area contributed by atoms with Gasteiger partial charge in [-0.3, -0.25) is 9.59 Å². The number of benzene rings is 3. The number of piperidine rings is 1. The lowest BCUT2D eigenvalue weighted by Gasteiger charge is -2.33. The summed E-state index contributed by atoms with van der Waals surface area (Å²) in [6.07, 6.45) is 2.78. The summed E-state index contributed by atoms with van der Waals surface area (Å²) in [5, 5.41) is 6.61. The number of para-hydroxylation sites is 1. The Bertz CT molecular complexity index is 1140. The molecule has 34 heavy (non-hydrogen) atoms. The molecule has 3 aromatic carbocycles. The van der Waals surface area contributed by atoms with E-state index in [1.165, 1.54) is 16.7 Å². The first-order valence-electron chi connectivity index (χ1n) is 12.1. The fraction of sp³-hybridized carbons (Fsp3) is 0.310. The highest BCUT2D eigenvalue weighted by molar-refractivity contribution is 6.00. The monoisotopic (exact) mass is 455 g/mol. The number of likely N-dealkylation sites (tertiary alicyclic amines) is 1. The number of hydrogen-bond donors (Lipinski definition) is 2. The molecule has 0 aromatic heterocycles. The van der Waals surface area contributed by atoms with E-state index in [9.17, 15) is 9.59 Å². The van der Waals surface area contributed by atoms with Crippen molar-refractivity contribution in [1.29, 1.82) is 0 Å². The predicted octanol–water partition coefficient (Wildman–Crippen LogP) is 5.40. The van der Waals surface area contributed by atoms with E-state index in [1.807, 2.05) is 71.6 Å². The molecule has 1 saturated heterocycles. The van der Waals surface area contributed by atoms with E-state index in [4.69, 9.17) is 0 Å². The van der Waals surface area contributed by atoms with Crippen molar-refractivity contribution in [3.8, 4) is 0 Å². The third-order valence-corrected chi connectivity index (χ3v) is 6.66. The van der Waals surface area contributed by atoms with Gasteiger partial charge in [0.2, 0.25) is 5.91 Å². The Morgan fingerprint density at radius 1 is 0.853 bits per heavy atom. The molecule has 0 spiro atoms. The Hall–Kier alpha value is -3.60. The number of carbonyl (C=O) groups excluding carboxylic acids is 2. The molecule has 0 bridgehead atoms. The molecule has 0 atom stereocenters. The molecule has 0 radical (unpaired) electrons. The topological polar surface area (TPSA) is 61.4 Å². The summed E-state index contributed by atoms with van der Waals surface area (Å²) in [6, 6.07) is 24.0. The minimum absolute atomic E-state index is 0.0299. The molecular weight excluding hydrogens is 422 g/mol. The minimum Gasteiger partial charge on any atom is -0.355 e. The van der Waals surface area contributed by atoms with Crippen LogP contribution in [0.5, 0.6) is 0 Å². The second kappa shape index (κ2) is 11.0. The normalized spacial score (nSPS) is 14.0. The van der Waals surface area contributed by atoms with Crippen molar-refractivity contribution in [3.05, 3.63) is 95.1 Å². The number of aryl methyl sites for hydroxylation is 2. The van der Waals surface area contributed by atoms with Crippen LogP contribution in [0.15, 0.2) is 72.8 Å².